The Bertz CT molecular complexity index is 591. The van der Waals surface area contributed by atoms with Crippen LogP contribution in [0.25, 0.3) is 0 Å². The molecule has 0 aliphatic carbocycles. The zero-order valence-electron chi connectivity index (χ0n) is 12.1. The predicted molar refractivity (Wildman–Crippen MR) is 80.9 cm³/mol. The highest BCUT2D eigenvalue weighted by atomic mass is 16.2. The van der Waals surface area contributed by atoms with Crippen molar-refractivity contribution in [2.24, 2.45) is 7.05 Å². The minimum Gasteiger partial charge on any atom is -0.363 e. The van der Waals surface area contributed by atoms with Gasteiger partial charge in [0.2, 0.25) is 5.91 Å². The van der Waals surface area contributed by atoms with E-state index in [2.05, 4.69) is 23.4 Å². The highest BCUT2D eigenvalue weighted by Gasteiger charge is 2.09. The van der Waals surface area contributed by atoms with Crippen molar-refractivity contribution in [3.05, 3.63) is 42.2 Å². The monoisotopic (exact) mass is 272 g/mol. The van der Waals surface area contributed by atoms with E-state index in [1.165, 1.54) is 5.56 Å². The molecule has 1 aromatic heterocycles. The summed E-state index contributed by atoms with van der Waals surface area (Å²) in [5.74, 6) is -0.0374. The van der Waals surface area contributed by atoms with Crippen molar-refractivity contribution in [2.75, 3.05) is 23.8 Å². The number of benzene rings is 1. The SMILES string of the molecule is CCc1cccc(NC(=O)CN(C)c2cnn(C)c2)c1. The standard InChI is InChI=1S/C15H20N4O/c1-4-12-6-5-7-13(8-12)17-15(20)11-18(2)14-9-16-19(3)10-14/h5-10H,4,11H2,1-3H3,(H,17,20). The van der Waals surface area contributed by atoms with Gasteiger partial charge in [0.25, 0.3) is 0 Å². The Balaban J connectivity index is 1.95. The number of carbonyl (C=O) groups is 1. The van der Waals surface area contributed by atoms with Gasteiger partial charge in [-0.25, -0.2) is 0 Å². The third kappa shape index (κ3) is 3.60. The fourth-order valence-corrected chi connectivity index (χ4v) is 1.98. The topological polar surface area (TPSA) is 50.2 Å². The summed E-state index contributed by atoms with van der Waals surface area (Å²) in [4.78, 5) is 13.9. The van der Waals surface area contributed by atoms with Crippen molar-refractivity contribution in [1.82, 2.24) is 9.78 Å². The zero-order valence-corrected chi connectivity index (χ0v) is 12.1. The van der Waals surface area contributed by atoms with Crippen LogP contribution < -0.4 is 10.2 Å². The van der Waals surface area contributed by atoms with Gasteiger partial charge < -0.3 is 10.2 Å². The van der Waals surface area contributed by atoms with Crippen molar-refractivity contribution in [2.45, 2.75) is 13.3 Å². The third-order valence-electron chi connectivity index (χ3n) is 3.13. The molecule has 0 saturated carbocycles. The molecule has 0 unspecified atom stereocenters. The molecule has 106 valence electrons. The zero-order chi connectivity index (χ0) is 14.5. The Kier molecular flexibility index (Phi) is 4.40. The minimum atomic E-state index is -0.0374. The summed E-state index contributed by atoms with van der Waals surface area (Å²) in [6, 6.07) is 7.92. The normalized spacial score (nSPS) is 10.3. The average Bonchev–Trinajstić information content (AvgIpc) is 2.85. The van der Waals surface area contributed by atoms with E-state index < -0.39 is 0 Å². The molecule has 1 aromatic carbocycles. The molecular weight excluding hydrogens is 252 g/mol. The smallest absolute Gasteiger partial charge is 0.243 e. The van der Waals surface area contributed by atoms with Gasteiger partial charge in [0, 0.05) is 26.0 Å². The van der Waals surface area contributed by atoms with Crippen molar-refractivity contribution < 1.29 is 4.79 Å². The van der Waals surface area contributed by atoms with Crippen molar-refractivity contribution in [1.29, 1.82) is 0 Å². The van der Waals surface area contributed by atoms with Crippen LogP contribution in [0.15, 0.2) is 36.7 Å². The van der Waals surface area contributed by atoms with E-state index in [1.54, 1.807) is 10.9 Å². The highest BCUT2D eigenvalue weighted by molar-refractivity contribution is 5.94. The Hall–Kier alpha value is -2.30. The van der Waals surface area contributed by atoms with Crippen molar-refractivity contribution >= 4 is 17.3 Å². The second-order valence-electron chi connectivity index (χ2n) is 4.83. The first kappa shape index (κ1) is 14.1. The number of carbonyl (C=O) groups excluding carboxylic acids is 1. The maximum absolute atomic E-state index is 12.0. The summed E-state index contributed by atoms with van der Waals surface area (Å²) in [6.45, 7) is 2.39. The van der Waals surface area contributed by atoms with Crippen LogP contribution in [0.1, 0.15) is 12.5 Å². The molecular formula is C15H20N4O. The van der Waals surface area contributed by atoms with Crippen LogP contribution >= 0.6 is 0 Å². The van der Waals surface area contributed by atoms with Crippen LogP contribution in [0, 0.1) is 0 Å². The predicted octanol–water partition coefficient (Wildman–Crippen LogP) is 2.06. The minimum absolute atomic E-state index is 0.0374. The van der Waals surface area contributed by atoms with E-state index >= 15 is 0 Å². The first-order valence-corrected chi connectivity index (χ1v) is 6.67. The van der Waals surface area contributed by atoms with Crippen LogP contribution in [-0.4, -0.2) is 29.3 Å². The van der Waals surface area contributed by atoms with Gasteiger partial charge in [-0.3, -0.25) is 9.48 Å². The van der Waals surface area contributed by atoms with Gasteiger partial charge in [0.15, 0.2) is 0 Å². The summed E-state index contributed by atoms with van der Waals surface area (Å²) in [5.41, 5.74) is 2.97. The van der Waals surface area contributed by atoms with E-state index in [0.717, 1.165) is 17.8 Å². The first-order chi connectivity index (χ1) is 9.58. The van der Waals surface area contributed by atoms with Gasteiger partial charge in [0.1, 0.15) is 0 Å². The molecule has 0 fully saturated rings. The second kappa shape index (κ2) is 6.23. The van der Waals surface area contributed by atoms with Crippen LogP contribution in [0.3, 0.4) is 0 Å². The molecule has 0 radical (unpaired) electrons. The summed E-state index contributed by atoms with van der Waals surface area (Å²) in [7, 11) is 3.73. The Morgan fingerprint density at radius 3 is 2.90 bits per heavy atom. The number of nitrogens with one attached hydrogen (secondary N) is 1. The van der Waals surface area contributed by atoms with Gasteiger partial charge in [-0.15, -0.1) is 0 Å². The van der Waals surface area contributed by atoms with Crippen LogP contribution in [-0.2, 0) is 18.3 Å². The number of aromatic nitrogens is 2. The summed E-state index contributed by atoms with van der Waals surface area (Å²) in [6.07, 6.45) is 4.58. The molecule has 0 aliphatic rings. The molecule has 1 N–H and O–H groups in total. The van der Waals surface area contributed by atoms with Crippen molar-refractivity contribution in [3.8, 4) is 0 Å². The lowest BCUT2D eigenvalue weighted by atomic mass is 10.1. The molecule has 0 bridgehead atoms. The molecule has 2 aromatic rings. The lowest BCUT2D eigenvalue weighted by molar-refractivity contribution is -0.114. The molecule has 5 heteroatoms. The third-order valence-corrected chi connectivity index (χ3v) is 3.13. The van der Waals surface area contributed by atoms with Gasteiger partial charge in [-0.05, 0) is 24.1 Å². The lowest BCUT2D eigenvalue weighted by Gasteiger charge is -2.16. The molecule has 0 saturated heterocycles. The Labute approximate surface area is 119 Å². The van der Waals surface area contributed by atoms with Gasteiger partial charge in [-0.2, -0.15) is 5.10 Å². The maximum atomic E-state index is 12.0. The highest BCUT2D eigenvalue weighted by Crippen LogP contribution is 2.12. The number of nitrogens with zero attached hydrogens (tertiary/aromatic N) is 3. The quantitative estimate of drug-likeness (QED) is 0.906. The molecule has 0 aliphatic heterocycles. The number of hydrogen-bond acceptors (Lipinski definition) is 3. The van der Waals surface area contributed by atoms with E-state index in [1.807, 2.05) is 43.4 Å². The average molecular weight is 272 g/mol. The fourth-order valence-electron chi connectivity index (χ4n) is 1.98. The fraction of sp³-hybridized carbons (Fsp3) is 0.333. The molecule has 1 heterocycles. The number of anilines is 2. The largest absolute Gasteiger partial charge is 0.363 e. The lowest BCUT2D eigenvalue weighted by Crippen LogP contribution is -2.29. The molecule has 5 nitrogen and oxygen atoms in total. The summed E-state index contributed by atoms with van der Waals surface area (Å²) < 4.78 is 1.72. The number of hydrogen-bond donors (Lipinski definition) is 1. The van der Waals surface area contributed by atoms with E-state index in [4.69, 9.17) is 0 Å². The van der Waals surface area contributed by atoms with E-state index in [0.29, 0.717) is 6.54 Å². The van der Waals surface area contributed by atoms with Gasteiger partial charge in [-0.1, -0.05) is 19.1 Å². The number of rotatable bonds is 5. The number of likely N-dealkylation sites (N-methyl/N-ethyl adjacent to an activating group) is 1. The second-order valence-corrected chi connectivity index (χ2v) is 4.83. The summed E-state index contributed by atoms with van der Waals surface area (Å²) >= 11 is 0. The summed E-state index contributed by atoms with van der Waals surface area (Å²) in [5, 5.41) is 7.01. The number of amides is 1. The van der Waals surface area contributed by atoms with Gasteiger partial charge in [0.05, 0.1) is 18.4 Å². The maximum Gasteiger partial charge on any atom is 0.243 e. The van der Waals surface area contributed by atoms with Gasteiger partial charge >= 0.3 is 0 Å². The van der Waals surface area contributed by atoms with E-state index in [-0.39, 0.29) is 5.91 Å². The van der Waals surface area contributed by atoms with E-state index in [9.17, 15) is 4.79 Å². The molecule has 2 rings (SSSR count). The Morgan fingerprint density at radius 1 is 1.45 bits per heavy atom. The Morgan fingerprint density at radius 2 is 2.25 bits per heavy atom. The molecule has 20 heavy (non-hydrogen) atoms. The van der Waals surface area contributed by atoms with Crippen LogP contribution in [0.2, 0.25) is 0 Å². The first-order valence-electron chi connectivity index (χ1n) is 6.67. The van der Waals surface area contributed by atoms with Crippen LogP contribution in [0.5, 0.6) is 0 Å². The van der Waals surface area contributed by atoms with Crippen molar-refractivity contribution in [3.63, 3.8) is 0 Å². The van der Waals surface area contributed by atoms with Crippen LogP contribution in [0.4, 0.5) is 11.4 Å². The molecule has 0 spiro atoms. The molecule has 0 atom stereocenters. The number of aryl methyl sites for hydroxylation is 2. The molecule has 1 amide bonds.